The predicted octanol–water partition coefficient (Wildman–Crippen LogP) is 24.3. The molecule has 0 aromatic rings. The summed E-state index contributed by atoms with van der Waals surface area (Å²) < 4.78 is 16.9. The van der Waals surface area contributed by atoms with Crippen LogP contribution in [0, 0.1) is 0 Å². The Morgan fingerprint density at radius 1 is 0.253 bits per heavy atom. The van der Waals surface area contributed by atoms with E-state index in [1.165, 1.54) is 270 Å². The smallest absolute Gasteiger partial charge is 0.306 e. The highest BCUT2D eigenvalue weighted by Crippen LogP contribution is 2.19. The van der Waals surface area contributed by atoms with Crippen LogP contribution in [0.2, 0.25) is 0 Å². The largest absolute Gasteiger partial charge is 0.462 e. The van der Waals surface area contributed by atoms with Crippen molar-refractivity contribution in [2.75, 3.05) is 13.2 Å². The van der Waals surface area contributed by atoms with E-state index in [9.17, 15) is 14.4 Å². The predicted molar refractivity (Wildman–Crippen MR) is 344 cm³/mol. The summed E-state index contributed by atoms with van der Waals surface area (Å²) in [6, 6.07) is 0. The fraction of sp³-hybridized carbons (Fsp3) is 0.877. The summed E-state index contributed by atoms with van der Waals surface area (Å²) in [5, 5.41) is 0. The number of hydrogen-bond acceptors (Lipinski definition) is 6. The number of ether oxygens (including phenoxy) is 3. The lowest BCUT2D eigenvalue weighted by molar-refractivity contribution is -0.167. The molecule has 0 saturated carbocycles. The van der Waals surface area contributed by atoms with Gasteiger partial charge in [-0.2, -0.15) is 0 Å². The van der Waals surface area contributed by atoms with Crippen molar-refractivity contribution in [3.8, 4) is 0 Å². The van der Waals surface area contributed by atoms with Gasteiger partial charge in [-0.3, -0.25) is 14.4 Å². The highest BCUT2D eigenvalue weighted by atomic mass is 16.6. The summed E-state index contributed by atoms with van der Waals surface area (Å²) >= 11 is 0. The third-order valence-electron chi connectivity index (χ3n) is 16.1. The number of allylic oxidation sites excluding steroid dienone is 6. The minimum absolute atomic E-state index is 0.0759. The lowest BCUT2D eigenvalue weighted by atomic mass is 10.0. The lowest BCUT2D eigenvalue weighted by Crippen LogP contribution is -2.30. The lowest BCUT2D eigenvalue weighted by Gasteiger charge is -2.18. The molecule has 6 heteroatoms. The van der Waals surface area contributed by atoms with Gasteiger partial charge in [0, 0.05) is 19.3 Å². The summed E-state index contributed by atoms with van der Waals surface area (Å²) in [7, 11) is 0. The monoisotopic (exact) mass is 1110 g/mol. The molecular formula is C73H136O6. The standard InChI is InChI=1S/C73H136O6/c1-4-7-10-13-16-19-22-25-28-29-30-31-32-33-34-35-36-37-38-39-40-41-42-43-44-46-48-51-54-57-60-63-66-72(75)78-69-70(68-77-71(74)65-62-59-56-53-50-47-27-24-21-18-15-12-9-6-3)79-73(76)67-64-61-58-55-52-49-45-26-23-20-17-14-11-8-5-2/h15,18,24,26-27,45,70H,4-14,16-17,19-23,25,28-44,46-69H2,1-3H3/b18-15-,27-24-,45-26-. The maximum atomic E-state index is 12.9. The molecule has 0 rings (SSSR count). The SMILES string of the molecule is CCCC/C=C\C/C=C\CCCCCCCC(=O)OCC(COC(=O)CCCCCCCCCCCCCCCCCCCCCCCCCCCCCCCCCC)OC(=O)CCCCCCC/C=C\CCCCCCCC. The van der Waals surface area contributed by atoms with E-state index < -0.39 is 6.10 Å². The zero-order chi connectivity index (χ0) is 57.1. The molecule has 0 spiro atoms. The average Bonchev–Trinajstić information content (AvgIpc) is 3.45. The first-order valence-electron chi connectivity index (χ1n) is 35.5. The van der Waals surface area contributed by atoms with E-state index in [1.54, 1.807) is 0 Å². The van der Waals surface area contributed by atoms with E-state index in [-0.39, 0.29) is 31.1 Å². The van der Waals surface area contributed by atoms with E-state index >= 15 is 0 Å². The number of carbonyl (C=O) groups excluding carboxylic acids is 3. The van der Waals surface area contributed by atoms with Gasteiger partial charge in [-0.25, -0.2) is 0 Å². The average molecular weight is 1110 g/mol. The maximum absolute atomic E-state index is 12.9. The van der Waals surface area contributed by atoms with Gasteiger partial charge in [-0.05, 0) is 70.6 Å². The number of carbonyl (C=O) groups is 3. The first-order valence-corrected chi connectivity index (χ1v) is 35.5. The van der Waals surface area contributed by atoms with Crippen LogP contribution < -0.4 is 0 Å². The second kappa shape index (κ2) is 68.1. The molecule has 0 fully saturated rings. The molecule has 0 aliphatic rings. The maximum Gasteiger partial charge on any atom is 0.306 e. The Morgan fingerprint density at radius 2 is 0.468 bits per heavy atom. The van der Waals surface area contributed by atoms with Crippen LogP contribution in [0.15, 0.2) is 36.5 Å². The molecule has 0 heterocycles. The van der Waals surface area contributed by atoms with E-state index in [1.807, 2.05) is 0 Å². The molecule has 0 radical (unpaired) electrons. The first-order chi connectivity index (χ1) is 39.0. The summed E-state index contributed by atoms with van der Waals surface area (Å²) in [5.41, 5.74) is 0. The molecule has 464 valence electrons. The Labute approximate surface area is 493 Å². The van der Waals surface area contributed by atoms with Gasteiger partial charge in [0.15, 0.2) is 6.10 Å². The molecule has 6 nitrogen and oxygen atoms in total. The number of rotatable bonds is 66. The van der Waals surface area contributed by atoms with Crippen molar-refractivity contribution in [2.24, 2.45) is 0 Å². The second-order valence-electron chi connectivity index (χ2n) is 24.1. The molecule has 0 aromatic heterocycles. The summed E-state index contributed by atoms with van der Waals surface area (Å²) in [4.78, 5) is 38.3. The zero-order valence-corrected chi connectivity index (χ0v) is 53.4. The van der Waals surface area contributed by atoms with E-state index in [0.717, 1.165) is 83.5 Å². The van der Waals surface area contributed by atoms with Crippen LogP contribution in [0.3, 0.4) is 0 Å². The van der Waals surface area contributed by atoms with Crippen LogP contribution in [-0.2, 0) is 28.6 Å². The Hall–Kier alpha value is -2.37. The van der Waals surface area contributed by atoms with Crippen LogP contribution in [0.25, 0.3) is 0 Å². The van der Waals surface area contributed by atoms with Crippen LogP contribution >= 0.6 is 0 Å². The Balaban J connectivity index is 4.11. The molecule has 0 saturated heterocycles. The quantitative estimate of drug-likeness (QED) is 0.0261. The van der Waals surface area contributed by atoms with Gasteiger partial charge in [0.25, 0.3) is 0 Å². The second-order valence-corrected chi connectivity index (χ2v) is 24.1. The Bertz CT molecular complexity index is 1320. The van der Waals surface area contributed by atoms with Gasteiger partial charge in [0.1, 0.15) is 13.2 Å². The molecule has 1 atom stereocenters. The van der Waals surface area contributed by atoms with Gasteiger partial charge in [0.05, 0.1) is 0 Å². The molecule has 0 N–H and O–H groups in total. The van der Waals surface area contributed by atoms with Gasteiger partial charge >= 0.3 is 17.9 Å². The minimum atomic E-state index is -0.781. The van der Waals surface area contributed by atoms with E-state index in [4.69, 9.17) is 14.2 Å². The van der Waals surface area contributed by atoms with Crippen molar-refractivity contribution < 1.29 is 28.6 Å². The van der Waals surface area contributed by atoms with E-state index in [0.29, 0.717) is 19.3 Å². The molecule has 0 aliphatic heterocycles. The molecular weight excluding hydrogens is 973 g/mol. The summed E-state index contributed by atoms with van der Waals surface area (Å²) in [6.07, 6.45) is 84.8. The van der Waals surface area contributed by atoms with Crippen molar-refractivity contribution in [3.05, 3.63) is 36.5 Å². The van der Waals surface area contributed by atoms with Crippen LogP contribution in [0.5, 0.6) is 0 Å². The van der Waals surface area contributed by atoms with Gasteiger partial charge in [0.2, 0.25) is 0 Å². The van der Waals surface area contributed by atoms with Crippen molar-refractivity contribution >= 4 is 17.9 Å². The third kappa shape index (κ3) is 66.3. The Morgan fingerprint density at radius 3 is 0.747 bits per heavy atom. The Kier molecular flexibility index (Phi) is 66.1. The normalized spacial score (nSPS) is 12.2. The van der Waals surface area contributed by atoms with Crippen molar-refractivity contribution in [1.29, 1.82) is 0 Å². The molecule has 1 unspecified atom stereocenters. The molecule has 79 heavy (non-hydrogen) atoms. The summed E-state index contributed by atoms with van der Waals surface area (Å²) in [6.45, 7) is 6.64. The fourth-order valence-corrected chi connectivity index (χ4v) is 10.8. The number of hydrogen-bond donors (Lipinski definition) is 0. The van der Waals surface area contributed by atoms with E-state index in [2.05, 4.69) is 57.2 Å². The fourth-order valence-electron chi connectivity index (χ4n) is 10.8. The van der Waals surface area contributed by atoms with Crippen molar-refractivity contribution in [1.82, 2.24) is 0 Å². The molecule has 0 amide bonds. The topological polar surface area (TPSA) is 78.9 Å². The van der Waals surface area contributed by atoms with Crippen molar-refractivity contribution in [2.45, 2.75) is 399 Å². The van der Waals surface area contributed by atoms with Crippen LogP contribution in [0.1, 0.15) is 393 Å². The number of esters is 3. The van der Waals surface area contributed by atoms with Crippen LogP contribution in [0.4, 0.5) is 0 Å². The third-order valence-corrected chi connectivity index (χ3v) is 16.1. The molecule has 0 aromatic carbocycles. The van der Waals surface area contributed by atoms with Crippen molar-refractivity contribution in [3.63, 3.8) is 0 Å². The highest BCUT2D eigenvalue weighted by Gasteiger charge is 2.19. The van der Waals surface area contributed by atoms with Gasteiger partial charge < -0.3 is 14.2 Å². The first kappa shape index (κ1) is 76.6. The zero-order valence-electron chi connectivity index (χ0n) is 53.4. The summed E-state index contributed by atoms with van der Waals surface area (Å²) in [5.74, 6) is -0.875. The minimum Gasteiger partial charge on any atom is -0.462 e. The molecule has 0 aliphatic carbocycles. The highest BCUT2D eigenvalue weighted by molar-refractivity contribution is 5.71. The van der Waals surface area contributed by atoms with Gasteiger partial charge in [-0.15, -0.1) is 0 Å². The molecule has 0 bridgehead atoms. The van der Waals surface area contributed by atoms with Gasteiger partial charge in [-0.1, -0.05) is 340 Å². The van der Waals surface area contributed by atoms with Crippen LogP contribution in [-0.4, -0.2) is 37.2 Å². The number of unbranched alkanes of at least 4 members (excludes halogenated alkanes) is 49.